The number of hydrogen-bond acceptors (Lipinski definition) is 4. The predicted molar refractivity (Wildman–Crippen MR) is 75.5 cm³/mol. The topological polar surface area (TPSA) is 70.1 Å². The van der Waals surface area contributed by atoms with E-state index in [1.807, 2.05) is 27.7 Å². The molecule has 6 heteroatoms. The summed E-state index contributed by atoms with van der Waals surface area (Å²) in [6.45, 7) is 9.08. The number of nitrogens with zero attached hydrogens (tertiary/aromatic N) is 2. The second-order valence-electron chi connectivity index (χ2n) is 5.99. The standard InChI is InChI=1S/C14H26N2O4/c1-9(2)13(14(19)15(5)8-12(17)18)16-6-10(3)20-11(4)7-16/h9-11,13H,6-8H2,1-5H3,(H,17,18)/t10-,11+,13-/m1/s1. The number of carboxylic acid groups (broad SMARTS) is 1. The minimum absolute atomic E-state index is 0.0811. The molecule has 1 aliphatic heterocycles. The molecule has 6 nitrogen and oxygen atoms in total. The van der Waals surface area contributed by atoms with Gasteiger partial charge in [0, 0.05) is 20.1 Å². The normalized spacial score (nSPS) is 25.5. The van der Waals surface area contributed by atoms with Crippen LogP contribution in [0.4, 0.5) is 0 Å². The highest BCUT2D eigenvalue weighted by Crippen LogP contribution is 2.20. The lowest BCUT2D eigenvalue weighted by molar-refractivity contribution is -0.150. The van der Waals surface area contributed by atoms with Gasteiger partial charge in [0.05, 0.1) is 18.2 Å². The summed E-state index contributed by atoms with van der Waals surface area (Å²) in [6.07, 6.45) is 0.162. The smallest absolute Gasteiger partial charge is 0.323 e. The molecule has 1 heterocycles. The highest BCUT2D eigenvalue weighted by atomic mass is 16.5. The number of hydrogen-bond donors (Lipinski definition) is 1. The Bertz CT molecular complexity index is 349. The Kier molecular flexibility index (Phi) is 5.95. The molecule has 116 valence electrons. The summed E-state index contributed by atoms with van der Waals surface area (Å²) in [5, 5.41) is 8.82. The third-order valence-corrected chi connectivity index (χ3v) is 3.47. The molecule has 1 N–H and O–H groups in total. The number of aliphatic carboxylic acids is 1. The van der Waals surface area contributed by atoms with Crippen molar-refractivity contribution in [2.75, 3.05) is 26.7 Å². The van der Waals surface area contributed by atoms with Crippen molar-refractivity contribution < 1.29 is 19.4 Å². The lowest BCUT2D eigenvalue weighted by Gasteiger charge is -2.42. The van der Waals surface area contributed by atoms with Gasteiger partial charge in [0.1, 0.15) is 6.54 Å². The fourth-order valence-corrected chi connectivity index (χ4v) is 2.81. The Morgan fingerprint density at radius 3 is 2.20 bits per heavy atom. The number of carboxylic acids is 1. The van der Waals surface area contributed by atoms with Crippen molar-refractivity contribution in [1.29, 1.82) is 0 Å². The average molecular weight is 286 g/mol. The van der Waals surface area contributed by atoms with Crippen LogP contribution in [0.5, 0.6) is 0 Å². The van der Waals surface area contributed by atoms with Gasteiger partial charge in [0.25, 0.3) is 0 Å². The van der Waals surface area contributed by atoms with Crippen molar-refractivity contribution in [2.24, 2.45) is 5.92 Å². The summed E-state index contributed by atoms with van der Waals surface area (Å²) in [7, 11) is 1.54. The molecule has 1 fully saturated rings. The van der Waals surface area contributed by atoms with Crippen LogP contribution in [0.3, 0.4) is 0 Å². The molecule has 0 aromatic heterocycles. The molecule has 0 aromatic carbocycles. The number of carbonyl (C=O) groups is 2. The Morgan fingerprint density at radius 2 is 1.80 bits per heavy atom. The van der Waals surface area contributed by atoms with E-state index < -0.39 is 5.97 Å². The number of carbonyl (C=O) groups excluding carboxylic acids is 1. The van der Waals surface area contributed by atoms with Crippen LogP contribution in [0.25, 0.3) is 0 Å². The first-order chi connectivity index (χ1) is 9.22. The summed E-state index contributed by atoms with van der Waals surface area (Å²) >= 11 is 0. The molecule has 3 atom stereocenters. The molecular formula is C14H26N2O4. The van der Waals surface area contributed by atoms with Crippen LogP contribution in [0.2, 0.25) is 0 Å². The van der Waals surface area contributed by atoms with Crippen LogP contribution in [0.15, 0.2) is 0 Å². The second-order valence-corrected chi connectivity index (χ2v) is 5.99. The summed E-state index contributed by atoms with van der Waals surface area (Å²) in [4.78, 5) is 26.7. The summed E-state index contributed by atoms with van der Waals surface area (Å²) < 4.78 is 5.69. The van der Waals surface area contributed by atoms with Crippen molar-refractivity contribution in [3.63, 3.8) is 0 Å². The van der Waals surface area contributed by atoms with Gasteiger partial charge < -0.3 is 14.7 Å². The van der Waals surface area contributed by atoms with Crippen molar-refractivity contribution >= 4 is 11.9 Å². The number of morpholine rings is 1. The van der Waals surface area contributed by atoms with Gasteiger partial charge in [0.2, 0.25) is 5.91 Å². The van der Waals surface area contributed by atoms with E-state index in [2.05, 4.69) is 4.90 Å². The van der Waals surface area contributed by atoms with Crippen molar-refractivity contribution in [3.05, 3.63) is 0 Å². The zero-order valence-corrected chi connectivity index (χ0v) is 13.0. The summed E-state index contributed by atoms with van der Waals surface area (Å²) in [6, 6.07) is -0.298. The maximum atomic E-state index is 12.5. The van der Waals surface area contributed by atoms with Gasteiger partial charge in [-0.2, -0.15) is 0 Å². The molecule has 0 radical (unpaired) electrons. The van der Waals surface area contributed by atoms with Crippen molar-refractivity contribution in [2.45, 2.75) is 45.9 Å². The van der Waals surface area contributed by atoms with Crippen LogP contribution in [-0.2, 0) is 14.3 Å². The molecule has 20 heavy (non-hydrogen) atoms. The van der Waals surface area contributed by atoms with E-state index in [0.29, 0.717) is 13.1 Å². The first kappa shape index (κ1) is 16.9. The quantitative estimate of drug-likeness (QED) is 0.804. The van der Waals surface area contributed by atoms with Gasteiger partial charge in [-0.15, -0.1) is 0 Å². The molecule has 0 aromatic rings. The van der Waals surface area contributed by atoms with Gasteiger partial charge in [0.15, 0.2) is 0 Å². The molecule has 0 saturated carbocycles. The minimum Gasteiger partial charge on any atom is -0.480 e. The second kappa shape index (κ2) is 7.04. The monoisotopic (exact) mass is 286 g/mol. The maximum Gasteiger partial charge on any atom is 0.323 e. The largest absolute Gasteiger partial charge is 0.480 e. The minimum atomic E-state index is -0.993. The van der Waals surface area contributed by atoms with E-state index in [1.54, 1.807) is 7.05 Å². The van der Waals surface area contributed by atoms with Gasteiger partial charge in [-0.1, -0.05) is 13.8 Å². The molecule has 1 aliphatic rings. The molecular weight excluding hydrogens is 260 g/mol. The molecule has 0 bridgehead atoms. The third kappa shape index (κ3) is 4.45. The van der Waals surface area contributed by atoms with E-state index in [-0.39, 0.29) is 36.6 Å². The average Bonchev–Trinajstić information content (AvgIpc) is 2.25. The predicted octanol–water partition coefficient (Wildman–Crippen LogP) is 0.663. The summed E-state index contributed by atoms with van der Waals surface area (Å²) in [5.41, 5.74) is 0. The number of ether oxygens (including phenoxy) is 1. The zero-order chi connectivity index (χ0) is 15.4. The molecule has 1 saturated heterocycles. The van der Waals surface area contributed by atoms with Gasteiger partial charge in [-0.3, -0.25) is 14.5 Å². The fourth-order valence-electron chi connectivity index (χ4n) is 2.81. The highest BCUT2D eigenvalue weighted by Gasteiger charge is 2.35. The van der Waals surface area contributed by atoms with Crippen molar-refractivity contribution in [3.8, 4) is 0 Å². The van der Waals surface area contributed by atoms with Crippen LogP contribution in [-0.4, -0.2) is 71.7 Å². The van der Waals surface area contributed by atoms with Crippen LogP contribution in [0, 0.1) is 5.92 Å². The van der Waals surface area contributed by atoms with E-state index in [1.165, 1.54) is 4.90 Å². The zero-order valence-electron chi connectivity index (χ0n) is 13.0. The molecule has 0 aliphatic carbocycles. The van der Waals surface area contributed by atoms with E-state index in [9.17, 15) is 9.59 Å². The highest BCUT2D eigenvalue weighted by molar-refractivity contribution is 5.85. The third-order valence-electron chi connectivity index (χ3n) is 3.47. The van der Waals surface area contributed by atoms with Gasteiger partial charge >= 0.3 is 5.97 Å². The fraction of sp³-hybridized carbons (Fsp3) is 0.857. The van der Waals surface area contributed by atoms with Crippen LogP contribution < -0.4 is 0 Å². The SMILES string of the molecule is CC(C)[C@H](C(=O)N(C)CC(=O)O)N1C[C@@H](C)O[C@@H](C)C1. The van der Waals surface area contributed by atoms with Gasteiger partial charge in [-0.25, -0.2) is 0 Å². The van der Waals surface area contributed by atoms with Crippen LogP contribution in [0.1, 0.15) is 27.7 Å². The Hall–Kier alpha value is -1.14. The first-order valence-electron chi connectivity index (χ1n) is 7.08. The van der Waals surface area contributed by atoms with E-state index in [0.717, 1.165) is 0 Å². The Labute approximate surface area is 120 Å². The first-order valence-corrected chi connectivity index (χ1v) is 7.08. The number of amides is 1. The van der Waals surface area contributed by atoms with Crippen LogP contribution >= 0.6 is 0 Å². The molecule has 1 rings (SSSR count). The number of likely N-dealkylation sites (N-methyl/N-ethyl adjacent to an activating group) is 1. The van der Waals surface area contributed by atoms with E-state index >= 15 is 0 Å². The number of rotatable bonds is 5. The molecule has 0 unspecified atom stereocenters. The van der Waals surface area contributed by atoms with Crippen molar-refractivity contribution in [1.82, 2.24) is 9.80 Å². The lowest BCUT2D eigenvalue weighted by atomic mass is 9.99. The Balaban J connectivity index is 2.82. The van der Waals surface area contributed by atoms with Gasteiger partial charge in [-0.05, 0) is 19.8 Å². The molecule has 1 amide bonds. The Morgan fingerprint density at radius 1 is 1.30 bits per heavy atom. The maximum absolute atomic E-state index is 12.5. The lowest BCUT2D eigenvalue weighted by Crippen LogP contribution is -2.57. The van der Waals surface area contributed by atoms with E-state index in [4.69, 9.17) is 9.84 Å². The molecule has 0 spiro atoms. The summed E-state index contributed by atoms with van der Waals surface area (Å²) in [5.74, 6) is -1.01.